The van der Waals surface area contributed by atoms with E-state index in [1.165, 1.54) is 19.3 Å². The molecule has 2 aliphatic rings. The Bertz CT molecular complexity index is 520. The third-order valence-electron chi connectivity index (χ3n) is 5.03. The Kier molecular flexibility index (Phi) is 3.41. The first kappa shape index (κ1) is 14.1. The number of likely N-dealkylation sites (tertiary alicyclic amines) is 1. The van der Waals surface area contributed by atoms with Gasteiger partial charge in [-0.2, -0.15) is 0 Å². The minimum absolute atomic E-state index is 0.0589. The number of benzene rings is 1. The summed E-state index contributed by atoms with van der Waals surface area (Å²) in [5.74, 6) is 0.0589. The van der Waals surface area contributed by atoms with Crippen LogP contribution in [0.25, 0.3) is 0 Å². The Balaban J connectivity index is 1.77. The van der Waals surface area contributed by atoms with Crippen molar-refractivity contribution in [3.8, 4) is 0 Å². The molecule has 3 nitrogen and oxygen atoms in total. The van der Waals surface area contributed by atoms with E-state index in [0.717, 1.165) is 29.5 Å². The van der Waals surface area contributed by atoms with E-state index in [2.05, 4.69) is 15.9 Å². The van der Waals surface area contributed by atoms with E-state index >= 15 is 0 Å². The second kappa shape index (κ2) is 4.85. The highest BCUT2D eigenvalue weighted by Crippen LogP contribution is 2.48. The number of rotatable bonds is 2. The summed E-state index contributed by atoms with van der Waals surface area (Å²) < 4.78 is 0.999. The minimum Gasteiger partial charge on any atom is -0.340 e. The normalized spacial score (nSPS) is 23.4. The number of hydrogen-bond donors (Lipinski definition) is 1. The Hall–Kier alpha value is -0.870. The first-order valence-electron chi connectivity index (χ1n) is 7.27. The van der Waals surface area contributed by atoms with Crippen molar-refractivity contribution in [3.05, 3.63) is 34.3 Å². The third-order valence-corrected chi connectivity index (χ3v) is 5.56. The SMILES string of the molecule is CC(N)(C(=O)N1CCC2(CCC2)C1)c1ccc(Br)cc1. The number of hydrogen-bond acceptors (Lipinski definition) is 2. The number of carbonyl (C=O) groups excluding carboxylic acids is 1. The summed E-state index contributed by atoms with van der Waals surface area (Å²) in [6.07, 6.45) is 5.01. The molecule has 4 heteroatoms. The van der Waals surface area contributed by atoms with Gasteiger partial charge in [-0.25, -0.2) is 0 Å². The van der Waals surface area contributed by atoms with Crippen molar-refractivity contribution in [3.63, 3.8) is 0 Å². The van der Waals surface area contributed by atoms with Crippen LogP contribution in [0.15, 0.2) is 28.7 Å². The van der Waals surface area contributed by atoms with Gasteiger partial charge in [0.25, 0.3) is 0 Å². The number of amides is 1. The zero-order valence-corrected chi connectivity index (χ0v) is 13.4. The minimum atomic E-state index is -0.935. The van der Waals surface area contributed by atoms with Gasteiger partial charge in [-0.05, 0) is 49.3 Å². The van der Waals surface area contributed by atoms with Crippen LogP contribution in [0.1, 0.15) is 38.2 Å². The third kappa shape index (κ3) is 2.29. The molecule has 108 valence electrons. The second-order valence-electron chi connectivity index (χ2n) is 6.54. The largest absolute Gasteiger partial charge is 0.340 e. The van der Waals surface area contributed by atoms with E-state index in [9.17, 15) is 4.79 Å². The van der Waals surface area contributed by atoms with Gasteiger partial charge in [0.2, 0.25) is 5.91 Å². The van der Waals surface area contributed by atoms with Gasteiger partial charge in [0.15, 0.2) is 0 Å². The lowest BCUT2D eigenvalue weighted by Gasteiger charge is -2.38. The van der Waals surface area contributed by atoms with Crippen LogP contribution in [0.5, 0.6) is 0 Å². The molecule has 1 aliphatic heterocycles. The second-order valence-corrected chi connectivity index (χ2v) is 7.46. The quantitative estimate of drug-likeness (QED) is 0.902. The van der Waals surface area contributed by atoms with E-state index < -0.39 is 5.54 Å². The summed E-state index contributed by atoms with van der Waals surface area (Å²) in [5.41, 5.74) is 6.72. The average Bonchev–Trinajstić information content (AvgIpc) is 2.83. The lowest BCUT2D eigenvalue weighted by molar-refractivity contribution is -0.136. The molecule has 1 saturated heterocycles. The van der Waals surface area contributed by atoms with Crippen molar-refractivity contribution in [1.29, 1.82) is 0 Å². The Morgan fingerprint density at radius 3 is 2.45 bits per heavy atom. The maximum Gasteiger partial charge on any atom is 0.246 e. The predicted molar refractivity (Wildman–Crippen MR) is 83.2 cm³/mol. The van der Waals surface area contributed by atoms with Crippen LogP contribution in [-0.4, -0.2) is 23.9 Å². The monoisotopic (exact) mass is 336 g/mol. The number of nitrogens with zero attached hydrogens (tertiary/aromatic N) is 1. The first-order valence-corrected chi connectivity index (χ1v) is 8.07. The maximum absolute atomic E-state index is 12.8. The van der Waals surface area contributed by atoms with Crippen LogP contribution in [0, 0.1) is 5.41 Å². The highest BCUT2D eigenvalue weighted by molar-refractivity contribution is 9.10. The highest BCUT2D eigenvalue weighted by atomic mass is 79.9. The van der Waals surface area contributed by atoms with Gasteiger partial charge < -0.3 is 10.6 Å². The summed E-state index contributed by atoms with van der Waals surface area (Å²) >= 11 is 3.41. The first-order chi connectivity index (χ1) is 9.43. The maximum atomic E-state index is 12.8. The summed E-state index contributed by atoms with van der Waals surface area (Å²) in [6.45, 7) is 3.58. The summed E-state index contributed by atoms with van der Waals surface area (Å²) in [6, 6.07) is 7.73. The van der Waals surface area contributed by atoms with Crippen molar-refractivity contribution in [2.75, 3.05) is 13.1 Å². The van der Waals surface area contributed by atoms with Gasteiger partial charge in [-0.1, -0.05) is 34.5 Å². The van der Waals surface area contributed by atoms with E-state index in [-0.39, 0.29) is 5.91 Å². The number of carbonyl (C=O) groups is 1. The van der Waals surface area contributed by atoms with Crippen LogP contribution >= 0.6 is 15.9 Å². The predicted octanol–water partition coefficient (Wildman–Crippen LogP) is 3.03. The fourth-order valence-electron chi connectivity index (χ4n) is 3.44. The summed E-state index contributed by atoms with van der Waals surface area (Å²) in [4.78, 5) is 14.7. The van der Waals surface area contributed by atoms with Crippen LogP contribution in [0.2, 0.25) is 0 Å². The van der Waals surface area contributed by atoms with E-state index in [0.29, 0.717) is 5.41 Å². The van der Waals surface area contributed by atoms with Gasteiger partial charge >= 0.3 is 0 Å². The zero-order valence-electron chi connectivity index (χ0n) is 11.9. The van der Waals surface area contributed by atoms with Crippen LogP contribution in [0.3, 0.4) is 0 Å². The van der Waals surface area contributed by atoms with Crippen LogP contribution in [-0.2, 0) is 10.3 Å². The molecule has 2 N–H and O–H groups in total. The molecule has 20 heavy (non-hydrogen) atoms. The van der Waals surface area contributed by atoms with Crippen molar-refractivity contribution in [2.45, 2.75) is 38.1 Å². The topological polar surface area (TPSA) is 46.3 Å². The molecule has 2 fully saturated rings. The van der Waals surface area contributed by atoms with Crippen molar-refractivity contribution >= 4 is 21.8 Å². The Morgan fingerprint density at radius 1 is 1.30 bits per heavy atom. The molecule has 3 rings (SSSR count). The molecule has 1 spiro atoms. The van der Waals surface area contributed by atoms with Crippen molar-refractivity contribution in [2.24, 2.45) is 11.1 Å². The van der Waals surface area contributed by atoms with Crippen molar-refractivity contribution < 1.29 is 4.79 Å². The average molecular weight is 337 g/mol. The highest BCUT2D eigenvalue weighted by Gasteiger charge is 2.46. The van der Waals surface area contributed by atoms with E-state index in [4.69, 9.17) is 5.73 Å². The standard InChI is InChI=1S/C16H21BrN2O/c1-15(18,12-3-5-13(17)6-4-12)14(20)19-10-9-16(11-19)7-2-8-16/h3-6H,2,7-11,18H2,1H3. The van der Waals surface area contributed by atoms with Gasteiger partial charge in [0.1, 0.15) is 5.54 Å². The van der Waals surface area contributed by atoms with Crippen LogP contribution in [0.4, 0.5) is 0 Å². The Morgan fingerprint density at radius 2 is 1.95 bits per heavy atom. The zero-order chi connectivity index (χ0) is 14.4. The molecule has 1 heterocycles. The van der Waals surface area contributed by atoms with E-state index in [1.807, 2.05) is 36.1 Å². The molecular weight excluding hydrogens is 316 g/mol. The van der Waals surface area contributed by atoms with Gasteiger partial charge in [0, 0.05) is 17.6 Å². The van der Waals surface area contributed by atoms with Gasteiger partial charge in [-0.3, -0.25) is 4.79 Å². The van der Waals surface area contributed by atoms with Gasteiger partial charge in [0.05, 0.1) is 0 Å². The van der Waals surface area contributed by atoms with E-state index in [1.54, 1.807) is 0 Å². The molecule has 1 aliphatic carbocycles. The smallest absolute Gasteiger partial charge is 0.246 e. The lowest BCUT2D eigenvalue weighted by Crippen LogP contribution is -2.51. The van der Waals surface area contributed by atoms with Crippen LogP contribution < -0.4 is 5.73 Å². The lowest BCUT2D eigenvalue weighted by atomic mass is 9.68. The fourth-order valence-corrected chi connectivity index (χ4v) is 3.71. The summed E-state index contributed by atoms with van der Waals surface area (Å²) in [7, 11) is 0. The van der Waals surface area contributed by atoms with Gasteiger partial charge in [-0.15, -0.1) is 0 Å². The molecular formula is C16H21BrN2O. The molecule has 1 saturated carbocycles. The fraction of sp³-hybridized carbons (Fsp3) is 0.562. The number of halogens is 1. The number of nitrogens with two attached hydrogens (primary N) is 1. The molecule has 1 atom stereocenters. The molecule has 1 amide bonds. The molecule has 1 aromatic rings. The summed E-state index contributed by atoms with van der Waals surface area (Å²) in [5, 5.41) is 0. The molecule has 0 bridgehead atoms. The molecule has 1 aromatic carbocycles. The molecule has 0 aromatic heterocycles. The van der Waals surface area contributed by atoms with Crippen molar-refractivity contribution in [1.82, 2.24) is 4.90 Å². The Labute approximate surface area is 128 Å². The molecule has 1 unspecified atom stereocenters. The molecule has 0 radical (unpaired) electrons.